The number of aromatic nitrogens is 1. The second-order valence-corrected chi connectivity index (χ2v) is 11.5. The summed E-state index contributed by atoms with van der Waals surface area (Å²) < 4.78 is 45.4. The summed E-state index contributed by atoms with van der Waals surface area (Å²) >= 11 is 0. The maximum atomic E-state index is 13.5. The van der Waals surface area contributed by atoms with Gasteiger partial charge in [-0.2, -0.15) is 0 Å². The van der Waals surface area contributed by atoms with Crippen LogP contribution in [0.1, 0.15) is 52.0 Å². The number of hydrogen-bond donors (Lipinski definition) is 1. The summed E-state index contributed by atoms with van der Waals surface area (Å²) in [4.78, 5) is 66.0. The lowest BCUT2D eigenvalue weighted by Gasteiger charge is -2.46. The van der Waals surface area contributed by atoms with Crippen molar-refractivity contribution in [1.82, 2.24) is 10.3 Å². The first kappa shape index (κ1) is 34.7. The lowest BCUT2D eigenvalue weighted by atomic mass is 9.97. The number of pyridine rings is 1. The molecule has 2 fully saturated rings. The summed E-state index contributed by atoms with van der Waals surface area (Å²) in [5, 5.41) is 3.77. The molecule has 2 aliphatic rings. The highest BCUT2D eigenvalue weighted by Gasteiger charge is 2.54. The van der Waals surface area contributed by atoms with Crippen molar-refractivity contribution in [2.45, 2.75) is 83.6 Å². The largest absolute Gasteiger partial charge is 0.463 e. The van der Waals surface area contributed by atoms with Crippen LogP contribution in [0.15, 0.2) is 36.4 Å². The third-order valence-corrected chi connectivity index (χ3v) is 7.07. The molecule has 0 bridgehead atoms. The van der Waals surface area contributed by atoms with Crippen molar-refractivity contribution in [2.75, 3.05) is 26.4 Å². The number of carbonyl (C=O) groups excluding carboxylic acids is 5. The molecule has 2 aromatic rings. The Morgan fingerprint density at radius 2 is 1.43 bits per heavy atom. The van der Waals surface area contributed by atoms with Crippen LogP contribution in [-0.4, -0.2) is 103 Å². The predicted molar refractivity (Wildman–Crippen MR) is 156 cm³/mol. The molecule has 3 heterocycles. The van der Waals surface area contributed by atoms with Crippen molar-refractivity contribution in [3.63, 3.8) is 0 Å². The normalized spacial score (nSPS) is 25.1. The first-order chi connectivity index (χ1) is 21.7. The molecule has 0 saturated carbocycles. The number of fused-ring (bicyclic) bond motifs is 1. The third kappa shape index (κ3) is 8.96. The molecule has 2 saturated heterocycles. The van der Waals surface area contributed by atoms with E-state index in [1.807, 2.05) is 18.2 Å². The second-order valence-electron chi connectivity index (χ2n) is 11.5. The molecule has 1 aromatic heterocycles. The summed E-state index contributed by atoms with van der Waals surface area (Å²) in [6.07, 6.45) is -6.90. The van der Waals surface area contributed by atoms with Gasteiger partial charge in [0.05, 0.1) is 25.3 Å². The zero-order chi connectivity index (χ0) is 33.6. The number of nitrogens with one attached hydrogen (secondary N) is 1. The molecule has 0 radical (unpaired) electrons. The number of carbonyl (C=O) groups is 5. The van der Waals surface area contributed by atoms with E-state index in [0.29, 0.717) is 5.52 Å². The number of esters is 4. The number of rotatable bonds is 10. The monoisotopic (exact) mass is 646 g/mol. The van der Waals surface area contributed by atoms with Crippen LogP contribution in [-0.2, 0) is 57.1 Å². The molecule has 15 heteroatoms. The van der Waals surface area contributed by atoms with Gasteiger partial charge < -0.3 is 43.2 Å². The van der Waals surface area contributed by atoms with Crippen LogP contribution in [0.4, 0.5) is 0 Å². The quantitative estimate of drug-likeness (QED) is 0.290. The van der Waals surface area contributed by atoms with E-state index in [4.69, 9.17) is 37.9 Å². The van der Waals surface area contributed by atoms with Gasteiger partial charge >= 0.3 is 23.9 Å². The standard InChI is InChI=1S/C31H38N2O13/c1-17(34)39-13-24-25(43-18(2)35)26(44-19(3)36)27(45-20(4)37)29(46-24)40-14-31(15-41-30(5,6)42-16-31)33-28(38)23-12-11-21-9-7-8-10-22(21)32-23/h7-12,24-27,29H,13-16H2,1-6H3,(H,33,38)/t24-,25+,26+,27-,29-/m1/s1. The number of ether oxygens (including phenoxy) is 8. The highest BCUT2D eigenvalue weighted by atomic mass is 16.7. The van der Waals surface area contributed by atoms with Crippen LogP contribution in [0.5, 0.6) is 0 Å². The van der Waals surface area contributed by atoms with E-state index in [1.54, 1.807) is 32.0 Å². The topological polar surface area (TPSA) is 184 Å². The van der Waals surface area contributed by atoms with E-state index in [9.17, 15) is 24.0 Å². The van der Waals surface area contributed by atoms with Gasteiger partial charge in [-0.15, -0.1) is 0 Å². The number of amides is 1. The molecule has 1 N–H and O–H groups in total. The first-order valence-corrected chi connectivity index (χ1v) is 14.6. The number of hydrogen-bond acceptors (Lipinski definition) is 14. The van der Waals surface area contributed by atoms with Crippen molar-refractivity contribution < 1.29 is 61.9 Å². The lowest BCUT2D eigenvalue weighted by Crippen LogP contribution is -2.66. The Kier molecular flexibility index (Phi) is 10.9. The van der Waals surface area contributed by atoms with Crippen LogP contribution in [0.25, 0.3) is 10.9 Å². The first-order valence-electron chi connectivity index (χ1n) is 14.6. The number of benzene rings is 1. The SMILES string of the molecule is CC(=O)OC[C@H]1O[C@@H](OCC2(NC(=O)c3ccc4ccccc4n3)COC(C)(C)OC2)[C@H](OC(C)=O)[C@@H](OC(C)=O)[C@H]1OC(C)=O. The Morgan fingerprint density at radius 3 is 2.07 bits per heavy atom. The van der Waals surface area contributed by atoms with Crippen LogP contribution < -0.4 is 5.32 Å². The van der Waals surface area contributed by atoms with Crippen molar-refractivity contribution >= 4 is 40.7 Å². The summed E-state index contributed by atoms with van der Waals surface area (Å²) in [5.74, 6) is -4.49. The molecule has 2 aliphatic heterocycles. The minimum atomic E-state index is -1.47. The van der Waals surface area contributed by atoms with Crippen LogP contribution in [0, 0.1) is 0 Å². The van der Waals surface area contributed by atoms with Gasteiger partial charge in [0.25, 0.3) is 5.91 Å². The van der Waals surface area contributed by atoms with Gasteiger partial charge in [-0.3, -0.25) is 24.0 Å². The van der Waals surface area contributed by atoms with E-state index in [2.05, 4.69) is 10.3 Å². The predicted octanol–water partition coefficient (Wildman–Crippen LogP) is 1.59. The fourth-order valence-electron chi connectivity index (χ4n) is 4.96. The Balaban J connectivity index is 1.64. The maximum Gasteiger partial charge on any atom is 0.303 e. The molecule has 15 nitrogen and oxygen atoms in total. The number of nitrogens with zero attached hydrogens (tertiary/aromatic N) is 1. The molecule has 4 rings (SSSR count). The van der Waals surface area contributed by atoms with E-state index in [-0.39, 0.29) is 25.5 Å². The third-order valence-electron chi connectivity index (χ3n) is 7.07. The molecule has 250 valence electrons. The summed E-state index contributed by atoms with van der Waals surface area (Å²) in [5.41, 5.74) is -0.551. The minimum Gasteiger partial charge on any atom is -0.463 e. The fourth-order valence-corrected chi connectivity index (χ4v) is 4.96. The van der Waals surface area contributed by atoms with E-state index >= 15 is 0 Å². The van der Waals surface area contributed by atoms with Gasteiger partial charge in [-0.25, -0.2) is 4.98 Å². The molecule has 1 amide bonds. The molecule has 0 aliphatic carbocycles. The summed E-state index contributed by atoms with van der Waals surface area (Å²) in [6.45, 7) is 7.08. The van der Waals surface area contributed by atoms with Crippen LogP contribution >= 0.6 is 0 Å². The van der Waals surface area contributed by atoms with Gasteiger partial charge in [0, 0.05) is 33.1 Å². The number of para-hydroxylation sites is 1. The zero-order valence-electron chi connectivity index (χ0n) is 26.4. The van der Waals surface area contributed by atoms with Gasteiger partial charge in [-0.05, 0) is 26.0 Å². The Labute approximate surface area is 265 Å². The Hall–Kier alpha value is -4.18. The highest BCUT2D eigenvalue weighted by molar-refractivity contribution is 5.95. The van der Waals surface area contributed by atoms with E-state index in [0.717, 1.165) is 26.2 Å². The fraction of sp³-hybridized carbons (Fsp3) is 0.548. The van der Waals surface area contributed by atoms with Crippen LogP contribution in [0.2, 0.25) is 0 Å². The lowest BCUT2D eigenvalue weighted by molar-refractivity contribution is -0.321. The summed E-state index contributed by atoms with van der Waals surface area (Å²) in [6, 6.07) is 10.7. The molecule has 1 aromatic carbocycles. The molecule has 46 heavy (non-hydrogen) atoms. The minimum absolute atomic E-state index is 0.0649. The maximum absolute atomic E-state index is 13.5. The van der Waals surface area contributed by atoms with Crippen molar-refractivity contribution in [3.8, 4) is 0 Å². The molecule has 5 atom stereocenters. The average Bonchev–Trinajstić information content (AvgIpc) is 2.98. The molecular formula is C31H38N2O13. The van der Waals surface area contributed by atoms with Gasteiger partial charge in [0.1, 0.15) is 23.9 Å². The van der Waals surface area contributed by atoms with E-state index < -0.39 is 78.4 Å². The molecule has 0 spiro atoms. The zero-order valence-corrected chi connectivity index (χ0v) is 26.4. The van der Waals surface area contributed by atoms with Gasteiger partial charge in [0.15, 0.2) is 30.4 Å². The highest BCUT2D eigenvalue weighted by Crippen LogP contribution is 2.32. The Morgan fingerprint density at radius 1 is 0.826 bits per heavy atom. The summed E-state index contributed by atoms with van der Waals surface area (Å²) in [7, 11) is 0. The molecule has 0 unspecified atom stereocenters. The van der Waals surface area contributed by atoms with Crippen molar-refractivity contribution in [1.29, 1.82) is 0 Å². The Bertz CT molecular complexity index is 1450. The van der Waals surface area contributed by atoms with Gasteiger partial charge in [0.2, 0.25) is 0 Å². The average molecular weight is 647 g/mol. The molecular weight excluding hydrogens is 608 g/mol. The smallest absolute Gasteiger partial charge is 0.303 e. The van der Waals surface area contributed by atoms with E-state index in [1.165, 1.54) is 6.92 Å². The van der Waals surface area contributed by atoms with Crippen LogP contribution in [0.3, 0.4) is 0 Å². The van der Waals surface area contributed by atoms with Crippen molar-refractivity contribution in [3.05, 3.63) is 42.1 Å². The van der Waals surface area contributed by atoms with Crippen molar-refractivity contribution in [2.24, 2.45) is 0 Å². The van der Waals surface area contributed by atoms with Gasteiger partial charge in [-0.1, -0.05) is 24.3 Å². The second kappa shape index (κ2) is 14.5.